The average molecular weight is 272 g/mol. The second-order valence-corrected chi connectivity index (χ2v) is 5.72. The molecule has 0 bridgehead atoms. The summed E-state index contributed by atoms with van der Waals surface area (Å²) in [6, 6.07) is 9.11. The molecule has 1 N–H and O–H groups in total. The summed E-state index contributed by atoms with van der Waals surface area (Å²) < 4.78 is 2.41. The Labute approximate surface area is 123 Å². The minimum atomic E-state index is 0.788. The van der Waals surface area contributed by atoms with E-state index in [1.165, 1.54) is 35.7 Å². The lowest BCUT2D eigenvalue weighted by atomic mass is 10.0. The molecule has 2 rings (SSSR count). The van der Waals surface area contributed by atoms with Crippen LogP contribution in [-0.4, -0.2) is 11.1 Å². The van der Waals surface area contributed by atoms with Crippen LogP contribution in [-0.2, 0) is 13.1 Å². The Bertz CT molecular complexity index is 523. The number of hydrogen-bond donors (Lipinski definition) is 1. The Morgan fingerprint density at radius 2 is 1.90 bits per heavy atom. The van der Waals surface area contributed by atoms with Crippen molar-refractivity contribution in [1.82, 2.24) is 9.88 Å². The maximum absolute atomic E-state index is 3.47. The molecule has 0 saturated carbocycles. The Hall–Kier alpha value is -1.28. The van der Waals surface area contributed by atoms with E-state index in [4.69, 9.17) is 0 Å². The number of benzene rings is 1. The van der Waals surface area contributed by atoms with Crippen molar-refractivity contribution >= 4 is 10.9 Å². The molecule has 0 aliphatic heterocycles. The fourth-order valence-electron chi connectivity index (χ4n) is 2.75. The van der Waals surface area contributed by atoms with Crippen molar-refractivity contribution in [1.29, 1.82) is 0 Å². The van der Waals surface area contributed by atoms with Gasteiger partial charge in [0.15, 0.2) is 0 Å². The quantitative estimate of drug-likeness (QED) is 0.696. The van der Waals surface area contributed by atoms with Crippen molar-refractivity contribution in [2.75, 3.05) is 6.54 Å². The monoisotopic (exact) mass is 272 g/mol. The third-order valence-corrected chi connectivity index (χ3v) is 4.20. The molecule has 110 valence electrons. The molecule has 0 aliphatic carbocycles. The predicted molar refractivity (Wildman–Crippen MR) is 88.0 cm³/mol. The summed E-state index contributed by atoms with van der Waals surface area (Å²) in [5.41, 5.74) is 2.75. The molecule has 0 saturated heterocycles. The molecular weight excluding hydrogens is 244 g/mol. The van der Waals surface area contributed by atoms with Crippen molar-refractivity contribution in [2.45, 2.75) is 53.1 Å². The van der Waals surface area contributed by atoms with Crippen LogP contribution < -0.4 is 5.32 Å². The number of hydrogen-bond acceptors (Lipinski definition) is 1. The van der Waals surface area contributed by atoms with Crippen LogP contribution in [0.15, 0.2) is 30.5 Å². The standard InChI is InChI=1S/C18H28N2/c1-4-10-19-13-16-7-8-18-17(12-16)9-11-20(18)14-15(5-2)6-3/h7-9,11-12,15,19H,4-6,10,13-14H2,1-3H3. The van der Waals surface area contributed by atoms with Crippen molar-refractivity contribution in [2.24, 2.45) is 5.92 Å². The smallest absolute Gasteiger partial charge is 0.0480 e. The van der Waals surface area contributed by atoms with Gasteiger partial charge in [0.2, 0.25) is 0 Å². The first-order chi connectivity index (χ1) is 9.78. The van der Waals surface area contributed by atoms with Crippen molar-refractivity contribution in [3.8, 4) is 0 Å². The molecule has 1 heterocycles. The van der Waals surface area contributed by atoms with E-state index in [0.717, 1.165) is 25.6 Å². The molecule has 2 aromatic rings. The van der Waals surface area contributed by atoms with Crippen LogP contribution in [0.2, 0.25) is 0 Å². The Morgan fingerprint density at radius 1 is 1.10 bits per heavy atom. The predicted octanol–water partition coefficient (Wildman–Crippen LogP) is 4.58. The van der Waals surface area contributed by atoms with E-state index >= 15 is 0 Å². The Balaban J connectivity index is 2.11. The second kappa shape index (κ2) is 7.49. The average Bonchev–Trinajstić information content (AvgIpc) is 2.87. The summed E-state index contributed by atoms with van der Waals surface area (Å²) in [7, 11) is 0. The number of aromatic nitrogens is 1. The van der Waals surface area contributed by atoms with Crippen LogP contribution in [0.25, 0.3) is 10.9 Å². The van der Waals surface area contributed by atoms with E-state index in [1.807, 2.05) is 0 Å². The van der Waals surface area contributed by atoms with Crippen LogP contribution in [0, 0.1) is 5.92 Å². The van der Waals surface area contributed by atoms with Gasteiger partial charge in [-0.3, -0.25) is 0 Å². The second-order valence-electron chi connectivity index (χ2n) is 5.72. The maximum Gasteiger partial charge on any atom is 0.0480 e. The Kier molecular flexibility index (Phi) is 5.66. The number of fused-ring (bicyclic) bond motifs is 1. The highest BCUT2D eigenvalue weighted by Gasteiger charge is 2.07. The van der Waals surface area contributed by atoms with E-state index in [-0.39, 0.29) is 0 Å². The first-order valence-electron chi connectivity index (χ1n) is 8.06. The summed E-state index contributed by atoms with van der Waals surface area (Å²) in [4.78, 5) is 0. The lowest BCUT2D eigenvalue weighted by Crippen LogP contribution is -2.13. The molecule has 1 aromatic carbocycles. The molecule has 0 aliphatic rings. The van der Waals surface area contributed by atoms with E-state index in [1.54, 1.807) is 0 Å². The molecule has 0 fully saturated rings. The molecular formula is C18H28N2. The van der Waals surface area contributed by atoms with E-state index in [9.17, 15) is 0 Å². The SMILES string of the molecule is CCCNCc1ccc2c(ccn2CC(CC)CC)c1. The molecule has 0 amide bonds. The molecule has 0 spiro atoms. The first kappa shape index (κ1) is 15.1. The molecule has 2 heteroatoms. The molecule has 2 nitrogen and oxygen atoms in total. The van der Waals surface area contributed by atoms with Gasteiger partial charge in [0.05, 0.1) is 0 Å². The largest absolute Gasteiger partial charge is 0.347 e. The van der Waals surface area contributed by atoms with Gasteiger partial charge in [0.1, 0.15) is 0 Å². The van der Waals surface area contributed by atoms with Crippen molar-refractivity contribution < 1.29 is 0 Å². The number of nitrogens with zero attached hydrogens (tertiary/aromatic N) is 1. The first-order valence-corrected chi connectivity index (χ1v) is 8.06. The van der Waals surface area contributed by atoms with Crippen LogP contribution in [0.1, 0.15) is 45.6 Å². The van der Waals surface area contributed by atoms with Crippen LogP contribution in [0.3, 0.4) is 0 Å². The lowest BCUT2D eigenvalue weighted by Gasteiger charge is -2.14. The van der Waals surface area contributed by atoms with E-state index < -0.39 is 0 Å². The van der Waals surface area contributed by atoms with Gasteiger partial charge < -0.3 is 9.88 Å². The highest BCUT2D eigenvalue weighted by molar-refractivity contribution is 5.80. The summed E-state index contributed by atoms with van der Waals surface area (Å²) in [5.74, 6) is 0.788. The van der Waals surface area contributed by atoms with Crippen LogP contribution >= 0.6 is 0 Å². The molecule has 20 heavy (non-hydrogen) atoms. The van der Waals surface area contributed by atoms with E-state index in [0.29, 0.717) is 0 Å². The zero-order valence-electron chi connectivity index (χ0n) is 13.2. The van der Waals surface area contributed by atoms with Gasteiger partial charge in [-0.05, 0) is 48.0 Å². The fraction of sp³-hybridized carbons (Fsp3) is 0.556. The van der Waals surface area contributed by atoms with Gasteiger partial charge >= 0.3 is 0 Å². The zero-order valence-corrected chi connectivity index (χ0v) is 13.2. The van der Waals surface area contributed by atoms with Gasteiger partial charge in [0, 0.05) is 24.8 Å². The van der Waals surface area contributed by atoms with Gasteiger partial charge in [-0.2, -0.15) is 0 Å². The minimum Gasteiger partial charge on any atom is -0.347 e. The van der Waals surface area contributed by atoms with Crippen LogP contribution in [0.4, 0.5) is 0 Å². The van der Waals surface area contributed by atoms with E-state index in [2.05, 4.69) is 61.1 Å². The summed E-state index contributed by atoms with van der Waals surface area (Å²) in [6.45, 7) is 9.99. The minimum absolute atomic E-state index is 0.788. The summed E-state index contributed by atoms with van der Waals surface area (Å²) in [6.07, 6.45) is 5.95. The zero-order chi connectivity index (χ0) is 14.4. The highest BCUT2D eigenvalue weighted by atomic mass is 15.0. The molecule has 0 unspecified atom stereocenters. The van der Waals surface area contributed by atoms with Gasteiger partial charge in [-0.25, -0.2) is 0 Å². The van der Waals surface area contributed by atoms with Gasteiger partial charge in [-0.15, -0.1) is 0 Å². The molecule has 0 atom stereocenters. The summed E-state index contributed by atoms with van der Waals surface area (Å²) >= 11 is 0. The third-order valence-electron chi connectivity index (χ3n) is 4.20. The van der Waals surface area contributed by atoms with Crippen molar-refractivity contribution in [3.05, 3.63) is 36.0 Å². The molecule has 1 aromatic heterocycles. The fourth-order valence-corrected chi connectivity index (χ4v) is 2.75. The highest BCUT2D eigenvalue weighted by Crippen LogP contribution is 2.20. The maximum atomic E-state index is 3.47. The topological polar surface area (TPSA) is 17.0 Å². The normalized spacial score (nSPS) is 11.6. The lowest BCUT2D eigenvalue weighted by molar-refractivity contribution is 0.425. The van der Waals surface area contributed by atoms with Gasteiger partial charge in [-0.1, -0.05) is 39.7 Å². The molecule has 0 radical (unpaired) electrons. The number of nitrogens with one attached hydrogen (secondary N) is 1. The Morgan fingerprint density at radius 3 is 2.60 bits per heavy atom. The van der Waals surface area contributed by atoms with Crippen LogP contribution in [0.5, 0.6) is 0 Å². The van der Waals surface area contributed by atoms with Crippen molar-refractivity contribution in [3.63, 3.8) is 0 Å². The van der Waals surface area contributed by atoms with Gasteiger partial charge in [0.25, 0.3) is 0 Å². The number of rotatable bonds is 8. The third kappa shape index (κ3) is 3.63. The summed E-state index contributed by atoms with van der Waals surface area (Å²) in [5, 5.41) is 4.83.